The number of aryl methyl sites for hydroxylation is 1. The Morgan fingerprint density at radius 1 is 1.13 bits per heavy atom. The average molecular weight is 535 g/mol. The van der Waals surface area contributed by atoms with E-state index in [4.69, 9.17) is 19.9 Å². The number of nitrogen functional groups attached to an aromatic ring is 1. The van der Waals surface area contributed by atoms with Crippen LogP contribution in [0.3, 0.4) is 0 Å². The van der Waals surface area contributed by atoms with Crippen molar-refractivity contribution in [1.82, 2.24) is 9.97 Å². The number of anilines is 2. The molecule has 3 aromatic rings. The third-order valence-corrected chi connectivity index (χ3v) is 6.97. The van der Waals surface area contributed by atoms with Crippen molar-refractivity contribution < 1.29 is 32.1 Å². The number of rotatable bonds is 9. The van der Waals surface area contributed by atoms with Crippen molar-refractivity contribution >= 4 is 22.4 Å². The number of halogens is 3. The minimum atomic E-state index is -3.55. The van der Waals surface area contributed by atoms with E-state index in [2.05, 4.69) is 20.0 Å². The Morgan fingerprint density at radius 3 is 2.47 bits per heavy atom. The zero-order valence-corrected chi connectivity index (χ0v) is 22.2. The normalized spacial score (nSPS) is 16.4. The van der Waals surface area contributed by atoms with Gasteiger partial charge in [0.25, 0.3) is 5.92 Å². The number of aromatic nitrogens is 2. The van der Waals surface area contributed by atoms with Gasteiger partial charge in [0.2, 0.25) is 0 Å². The van der Waals surface area contributed by atoms with E-state index in [0.717, 1.165) is 18.7 Å². The summed E-state index contributed by atoms with van der Waals surface area (Å²) in [5, 5.41) is 3.84. The van der Waals surface area contributed by atoms with Gasteiger partial charge in [-0.25, -0.2) is 14.4 Å². The summed E-state index contributed by atoms with van der Waals surface area (Å²) in [7, 11) is 4.37. The molecule has 4 rings (SSSR count). The van der Waals surface area contributed by atoms with Gasteiger partial charge in [-0.3, -0.25) is 0 Å². The highest BCUT2D eigenvalue weighted by Gasteiger charge is 2.38. The van der Waals surface area contributed by atoms with Crippen LogP contribution in [0.25, 0.3) is 10.9 Å². The van der Waals surface area contributed by atoms with E-state index in [1.165, 1.54) is 6.07 Å². The summed E-state index contributed by atoms with van der Waals surface area (Å²) in [5.41, 5.74) is 5.86. The number of nitrogens with two attached hydrogens (primary N) is 1. The van der Waals surface area contributed by atoms with Gasteiger partial charge in [-0.15, -0.1) is 0 Å². The van der Waals surface area contributed by atoms with Gasteiger partial charge >= 0.3 is 0 Å². The van der Waals surface area contributed by atoms with E-state index in [0.29, 0.717) is 54.4 Å². The first-order chi connectivity index (χ1) is 18.0. The molecule has 1 aliphatic heterocycles. The Kier molecular flexibility index (Phi) is 8.01. The monoisotopic (exact) mass is 534 g/mol. The molecule has 1 saturated heterocycles. The highest BCUT2D eigenvalue weighted by Crippen LogP contribution is 2.43. The molecule has 11 heteroatoms. The lowest BCUT2D eigenvalue weighted by Gasteiger charge is -2.37. The molecule has 38 heavy (non-hydrogen) atoms. The minimum absolute atomic E-state index is 0.0122. The fraction of sp³-hybridized carbons (Fsp3) is 0.481. The second kappa shape index (κ2) is 10.9. The number of nitrogens with zero attached hydrogens (tertiary/aromatic N) is 2. The summed E-state index contributed by atoms with van der Waals surface area (Å²) in [6, 6.07) is 5.23. The fourth-order valence-electron chi connectivity index (χ4n) is 4.99. The van der Waals surface area contributed by atoms with Gasteiger partial charge in [0.1, 0.15) is 35.4 Å². The highest BCUT2D eigenvalue weighted by atomic mass is 19.3. The molecule has 1 atom stereocenters. The lowest BCUT2D eigenvalue weighted by Crippen LogP contribution is -2.36. The van der Waals surface area contributed by atoms with Crippen LogP contribution >= 0.6 is 0 Å². The first-order valence-corrected chi connectivity index (χ1v) is 12.3. The Balaban J connectivity index is 1.81. The van der Waals surface area contributed by atoms with Crippen LogP contribution in [0.15, 0.2) is 24.3 Å². The third kappa shape index (κ3) is 5.23. The summed E-state index contributed by atoms with van der Waals surface area (Å²) in [4.78, 5) is 9.11. The molecule has 1 aromatic heterocycles. The molecule has 0 radical (unpaired) electrons. The molecule has 2 aromatic carbocycles. The minimum Gasteiger partial charge on any atom is -0.496 e. The van der Waals surface area contributed by atoms with Crippen LogP contribution in [0.5, 0.6) is 5.75 Å². The van der Waals surface area contributed by atoms with Gasteiger partial charge in [0.15, 0.2) is 0 Å². The molecule has 0 saturated carbocycles. The average Bonchev–Trinajstić information content (AvgIpc) is 2.89. The summed E-state index contributed by atoms with van der Waals surface area (Å²) < 4.78 is 66.5. The molecular weight excluding hydrogens is 501 g/mol. The zero-order chi connectivity index (χ0) is 27.7. The van der Waals surface area contributed by atoms with Crippen molar-refractivity contribution in [2.75, 3.05) is 52.2 Å². The zero-order valence-electron chi connectivity index (χ0n) is 22.2. The molecular formula is C27H33F3N4O4. The SMILES string of the molecule is COCC(F)(F)c1cc(N)cc([C@@H](C)Nc2nc(C)nc3cc(OC)c(C4(OC)CCOCC4)cc23)c1F. The van der Waals surface area contributed by atoms with Crippen molar-refractivity contribution in [1.29, 1.82) is 0 Å². The molecule has 8 nitrogen and oxygen atoms in total. The number of nitrogens with one attached hydrogen (secondary N) is 1. The fourth-order valence-corrected chi connectivity index (χ4v) is 4.99. The van der Waals surface area contributed by atoms with E-state index in [1.807, 2.05) is 12.1 Å². The maximum atomic E-state index is 15.4. The van der Waals surface area contributed by atoms with E-state index < -0.39 is 35.6 Å². The lowest BCUT2D eigenvalue weighted by atomic mass is 9.84. The number of methoxy groups -OCH3 is 3. The number of hydrogen-bond donors (Lipinski definition) is 2. The Hall–Kier alpha value is -3.15. The molecule has 1 fully saturated rings. The van der Waals surface area contributed by atoms with Crippen LogP contribution in [0.1, 0.15) is 48.3 Å². The van der Waals surface area contributed by atoms with Gasteiger partial charge < -0.3 is 30.0 Å². The van der Waals surface area contributed by atoms with Crippen molar-refractivity contribution in [3.05, 3.63) is 52.6 Å². The summed E-state index contributed by atoms with van der Waals surface area (Å²) in [5.74, 6) is -3.11. The molecule has 0 bridgehead atoms. The Morgan fingerprint density at radius 2 is 1.84 bits per heavy atom. The lowest BCUT2D eigenvalue weighted by molar-refractivity contribution is -0.0956. The van der Waals surface area contributed by atoms with Crippen LogP contribution in [0.2, 0.25) is 0 Å². The number of benzene rings is 2. The molecule has 2 heterocycles. The van der Waals surface area contributed by atoms with Crippen LogP contribution in [-0.4, -0.2) is 51.1 Å². The molecule has 0 aliphatic carbocycles. The molecule has 1 aliphatic rings. The maximum Gasteiger partial charge on any atom is 0.298 e. The van der Waals surface area contributed by atoms with E-state index in [1.54, 1.807) is 28.1 Å². The van der Waals surface area contributed by atoms with E-state index in [9.17, 15) is 8.78 Å². The second-order valence-corrected chi connectivity index (χ2v) is 9.48. The number of fused-ring (bicyclic) bond motifs is 1. The first-order valence-electron chi connectivity index (χ1n) is 12.3. The Bertz CT molecular complexity index is 1320. The van der Waals surface area contributed by atoms with Gasteiger partial charge in [-0.05, 0) is 32.0 Å². The van der Waals surface area contributed by atoms with Crippen molar-refractivity contribution in [3.63, 3.8) is 0 Å². The first kappa shape index (κ1) is 27.9. The predicted octanol–water partition coefficient (Wildman–Crippen LogP) is 5.23. The van der Waals surface area contributed by atoms with Crippen LogP contribution < -0.4 is 15.8 Å². The van der Waals surface area contributed by atoms with E-state index in [-0.39, 0.29) is 11.3 Å². The molecule has 0 spiro atoms. The quantitative estimate of drug-likeness (QED) is 0.360. The second-order valence-electron chi connectivity index (χ2n) is 9.48. The summed E-state index contributed by atoms with van der Waals surface area (Å²) >= 11 is 0. The van der Waals surface area contributed by atoms with Crippen LogP contribution in [-0.2, 0) is 25.7 Å². The molecule has 0 amide bonds. The van der Waals surface area contributed by atoms with Crippen molar-refractivity contribution in [2.45, 2.75) is 44.3 Å². The predicted molar refractivity (Wildman–Crippen MR) is 138 cm³/mol. The molecule has 3 N–H and O–H groups in total. The number of alkyl halides is 2. The largest absolute Gasteiger partial charge is 0.496 e. The number of hydrogen-bond acceptors (Lipinski definition) is 8. The summed E-state index contributed by atoms with van der Waals surface area (Å²) in [6.07, 6.45) is 1.26. The number of ether oxygens (including phenoxy) is 4. The van der Waals surface area contributed by atoms with E-state index >= 15 is 4.39 Å². The van der Waals surface area contributed by atoms with Crippen molar-refractivity contribution in [3.8, 4) is 5.75 Å². The standard InChI is InChI=1S/C27H33F3N4O4/c1-15(18-10-17(31)11-21(24(18)28)27(29,30)14-35-3)32-25-19-12-20(26(37-5)6-8-38-9-7-26)23(36-4)13-22(19)33-16(2)34-25/h10-13,15H,6-9,14,31H2,1-5H3,(H,32,33,34)/t15-/m1/s1. The highest BCUT2D eigenvalue weighted by molar-refractivity contribution is 5.91. The van der Waals surface area contributed by atoms with Gasteiger partial charge in [-0.2, -0.15) is 8.78 Å². The maximum absolute atomic E-state index is 15.4. The van der Waals surface area contributed by atoms with Crippen molar-refractivity contribution in [2.24, 2.45) is 0 Å². The van der Waals surface area contributed by atoms with Gasteiger partial charge in [0, 0.05) is 68.5 Å². The van der Waals surface area contributed by atoms with Crippen LogP contribution in [0, 0.1) is 12.7 Å². The topological polar surface area (TPSA) is 101 Å². The molecule has 0 unspecified atom stereocenters. The summed E-state index contributed by atoms with van der Waals surface area (Å²) in [6.45, 7) is 3.48. The van der Waals surface area contributed by atoms with Gasteiger partial charge in [0.05, 0.1) is 24.2 Å². The molecule has 206 valence electrons. The van der Waals surface area contributed by atoms with Gasteiger partial charge in [-0.1, -0.05) is 0 Å². The smallest absolute Gasteiger partial charge is 0.298 e. The van der Waals surface area contributed by atoms with Crippen LogP contribution in [0.4, 0.5) is 24.7 Å². The Labute approximate surface area is 219 Å². The third-order valence-electron chi connectivity index (χ3n) is 6.97.